The average Bonchev–Trinajstić information content (AvgIpc) is 3.02. The van der Waals surface area contributed by atoms with Crippen LogP contribution < -0.4 is 0 Å². The van der Waals surface area contributed by atoms with Crippen LogP contribution in [-0.4, -0.2) is 48.0 Å². The molecule has 31 heavy (non-hydrogen) atoms. The van der Waals surface area contributed by atoms with E-state index in [4.69, 9.17) is 4.74 Å². The molecular formula is C25H35NO5. The molecule has 6 nitrogen and oxygen atoms in total. The van der Waals surface area contributed by atoms with E-state index in [1.54, 1.807) is 6.92 Å². The summed E-state index contributed by atoms with van der Waals surface area (Å²) in [5.41, 5.74) is 0.812. The van der Waals surface area contributed by atoms with E-state index in [1.165, 1.54) is 12.5 Å². The number of hydrogen-bond acceptors (Lipinski definition) is 5. The second kappa shape index (κ2) is 8.18. The van der Waals surface area contributed by atoms with Gasteiger partial charge in [-0.1, -0.05) is 12.5 Å². The minimum Gasteiger partial charge on any atom is -0.464 e. The average molecular weight is 430 g/mol. The number of esters is 1. The lowest BCUT2D eigenvalue weighted by atomic mass is 9.47. The first-order valence-corrected chi connectivity index (χ1v) is 11.8. The number of nitrogens with zero attached hydrogens (tertiary/aromatic N) is 1. The van der Waals surface area contributed by atoms with Gasteiger partial charge in [-0.3, -0.25) is 19.2 Å². The van der Waals surface area contributed by atoms with Crippen LogP contribution in [0.2, 0.25) is 0 Å². The fourth-order valence-electron chi connectivity index (χ4n) is 7.42. The molecule has 5 atom stereocenters. The molecule has 0 saturated heterocycles. The standard InChI is InChI=1S/C25H35NO5/c1-16(27)26(12-13-31-17(2)28)15-25-11-8-19(29)14-18(25)4-5-20-21-6-7-23(30)24(21,3)10-9-22(20)25/h14,20-22H,4-13,15H2,1-3H3/t20-,21-,22-,24-,25-/m1/s1. The summed E-state index contributed by atoms with van der Waals surface area (Å²) in [6.45, 7) is 6.24. The Kier molecular flexibility index (Phi) is 5.86. The molecule has 0 aliphatic heterocycles. The highest BCUT2D eigenvalue weighted by Crippen LogP contribution is 2.64. The van der Waals surface area contributed by atoms with Crippen LogP contribution >= 0.6 is 0 Å². The van der Waals surface area contributed by atoms with Crippen molar-refractivity contribution < 1.29 is 23.9 Å². The summed E-state index contributed by atoms with van der Waals surface area (Å²) < 4.78 is 5.11. The van der Waals surface area contributed by atoms with Gasteiger partial charge in [0, 0.05) is 44.1 Å². The topological polar surface area (TPSA) is 80.8 Å². The van der Waals surface area contributed by atoms with Gasteiger partial charge in [-0.25, -0.2) is 0 Å². The number of amides is 1. The van der Waals surface area contributed by atoms with Crippen LogP contribution in [0.3, 0.4) is 0 Å². The third kappa shape index (κ3) is 3.76. The smallest absolute Gasteiger partial charge is 0.302 e. The highest BCUT2D eigenvalue weighted by Gasteiger charge is 2.60. The third-order valence-electron chi connectivity index (χ3n) is 8.98. The molecule has 0 bridgehead atoms. The van der Waals surface area contributed by atoms with E-state index in [1.807, 2.05) is 11.0 Å². The zero-order valence-corrected chi connectivity index (χ0v) is 19.1. The van der Waals surface area contributed by atoms with Gasteiger partial charge >= 0.3 is 5.97 Å². The summed E-state index contributed by atoms with van der Waals surface area (Å²) in [6.07, 6.45) is 8.62. The number of rotatable bonds is 5. The van der Waals surface area contributed by atoms with Crippen molar-refractivity contribution in [2.45, 2.75) is 72.1 Å². The number of ether oxygens (including phenoxy) is 1. The van der Waals surface area contributed by atoms with Gasteiger partial charge in [0.15, 0.2) is 5.78 Å². The molecule has 170 valence electrons. The van der Waals surface area contributed by atoms with Gasteiger partial charge in [-0.05, 0) is 62.4 Å². The Morgan fingerprint density at radius 2 is 1.84 bits per heavy atom. The minimum absolute atomic E-state index is 0.0309. The van der Waals surface area contributed by atoms with E-state index in [2.05, 4.69) is 6.92 Å². The predicted molar refractivity (Wildman–Crippen MR) is 115 cm³/mol. The zero-order chi connectivity index (χ0) is 22.4. The van der Waals surface area contributed by atoms with E-state index < -0.39 is 0 Å². The number of carbonyl (C=O) groups is 4. The Bertz CT molecular complexity index is 832. The van der Waals surface area contributed by atoms with Crippen molar-refractivity contribution in [2.24, 2.45) is 28.6 Å². The Morgan fingerprint density at radius 3 is 2.55 bits per heavy atom. The summed E-state index contributed by atoms with van der Waals surface area (Å²) in [7, 11) is 0. The highest BCUT2D eigenvalue weighted by atomic mass is 16.5. The van der Waals surface area contributed by atoms with Gasteiger partial charge < -0.3 is 9.64 Å². The van der Waals surface area contributed by atoms with Gasteiger partial charge in [0.1, 0.15) is 12.4 Å². The summed E-state index contributed by atoms with van der Waals surface area (Å²) in [5, 5.41) is 0. The number of ketones is 2. The lowest BCUT2D eigenvalue weighted by molar-refractivity contribution is -0.145. The molecule has 4 aliphatic carbocycles. The maximum atomic E-state index is 12.7. The van der Waals surface area contributed by atoms with Crippen LogP contribution in [0.15, 0.2) is 11.6 Å². The molecule has 0 heterocycles. The number of Topliss-reactive ketones (excluding diaryl/α,β-unsaturated/α-hetero) is 1. The SMILES string of the molecule is CC(=O)OCCN(C[C@]12CCC(=O)C=C1CC[C@H]1[C@H]2CC[C@@]2(C)C(=O)CC[C@H]12)C(C)=O. The normalized spacial score (nSPS) is 36.7. The minimum atomic E-state index is -0.347. The number of fused-ring (bicyclic) bond motifs is 5. The van der Waals surface area contributed by atoms with Crippen LogP contribution in [0, 0.1) is 28.6 Å². The van der Waals surface area contributed by atoms with Crippen molar-refractivity contribution in [1.82, 2.24) is 4.90 Å². The first-order chi connectivity index (χ1) is 14.7. The highest BCUT2D eigenvalue weighted by molar-refractivity contribution is 5.92. The first-order valence-electron chi connectivity index (χ1n) is 11.8. The van der Waals surface area contributed by atoms with Crippen molar-refractivity contribution in [1.29, 1.82) is 0 Å². The molecular weight excluding hydrogens is 394 g/mol. The Morgan fingerprint density at radius 1 is 1.06 bits per heavy atom. The van der Waals surface area contributed by atoms with Gasteiger partial charge in [0.25, 0.3) is 0 Å². The molecule has 0 unspecified atom stereocenters. The van der Waals surface area contributed by atoms with Crippen LogP contribution in [0.4, 0.5) is 0 Å². The largest absolute Gasteiger partial charge is 0.464 e. The number of hydrogen-bond donors (Lipinski definition) is 0. The molecule has 0 aromatic rings. The van der Waals surface area contributed by atoms with Gasteiger partial charge in [0.05, 0.1) is 6.54 Å². The molecule has 0 N–H and O–H groups in total. The van der Waals surface area contributed by atoms with E-state index in [9.17, 15) is 19.2 Å². The van der Waals surface area contributed by atoms with E-state index in [0.29, 0.717) is 49.5 Å². The van der Waals surface area contributed by atoms with Crippen molar-refractivity contribution in [2.75, 3.05) is 19.7 Å². The fourth-order valence-corrected chi connectivity index (χ4v) is 7.42. The van der Waals surface area contributed by atoms with Gasteiger partial charge in [0.2, 0.25) is 5.91 Å². The molecule has 0 aromatic carbocycles. The van der Waals surface area contributed by atoms with Crippen LogP contribution in [-0.2, 0) is 23.9 Å². The summed E-state index contributed by atoms with van der Waals surface area (Å²) in [4.78, 5) is 50.5. The molecule has 0 spiro atoms. The first kappa shape index (κ1) is 22.2. The van der Waals surface area contributed by atoms with Crippen LogP contribution in [0.1, 0.15) is 72.1 Å². The van der Waals surface area contributed by atoms with Gasteiger partial charge in [-0.15, -0.1) is 0 Å². The maximum Gasteiger partial charge on any atom is 0.302 e. The lowest BCUT2D eigenvalue weighted by Gasteiger charge is -2.58. The second-order valence-corrected chi connectivity index (χ2v) is 10.4. The summed E-state index contributed by atoms with van der Waals surface area (Å²) >= 11 is 0. The molecule has 4 rings (SSSR count). The molecule has 3 saturated carbocycles. The van der Waals surface area contributed by atoms with E-state index in [-0.39, 0.29) is 35.1 Å². The van der Waals surface area contributed by atoms with Crippen molar-refractivity contribution in [3.05, 3.63) is 11.6 Å². The molecule has 1 amide bonds. The molecule has 3 fully saturated rings. The van der Waals surface area contributed by atoms with E-state index in [0.717, 1.165) is 38.5 Å². The number of carbonyl (C=O) groups excluding carboxylic acids is 4. The Hall–Kier alpha value is -1.98. The van der Waals surface area contributed by atoms with Crippen LogP contribution in [0.25, 0.3) is 0 Å². The molecule has 0 aromatic heterocycles. The van der Waals surface area contributed by atoms with Crippen molar-refractivity contribution in [3.8, 4) is 0 Å². The predicted octanol–water partition coefficient (Wildman–Crippen LogP) is 3.48. The zero-order valence-electron chi connectivity index (χ0n) is 19.1. The fraction of sp³-hybridized carbons (Fsp3) is 0.760. The van der Waals surface area contributed by atoms with E-state index >= 15 is 0 Å². The third-order valence-corrected chi connectivity index (χ3v) is 8.98. The quantitative estimate of drug-likeness (QED) is 0.625. The van der Waals surface area contributed by atoms with Gasteiger partial charge in [-0.2, -0.15) is 0 Å². The van der Waals surface area contributed by atoms with Crippen molar-refractivity contribution >= 4 is 23.4 Å². The maximum absolute atomic E-state index is 12.7. The molecule has 6 heteroatoms. The Labute approximate surface area is 184 Å². The molecule has 0 radical (unpaired) electrons. The lowest BCUT2D eigenvalue weighted by Crippen LogP contribution is -2.56. The summed E-state index contributed by atoms with van der Waals surface area (Å²) in [5.74, 6) is 1.52. The Balaban J connectivity index is 1.65. The van der Waals surface area contributed by atoms with Crippen LogP contribution in [0.5, 0.6) is 0 Å². The molecule has 4 aliphatic rings. The second-order valence-electron chi connectivity index (χ2n) is 10.4. The summed E-state index contributed by atoms with van der Waals surface area (Å²) in [6, 6.07) is 0. The monoisotopic (exact) mass is 429 g/mol. The van der Waals surface area contributed by atoms with Crippen molar-refractivity contribution in [3.63, 3.8) is 0 Å².